The number of alkyl halides is 3. The van der Waals surface area contributed by atoms with E-state index in [-0.39, 0.29) is 11.4 Å². The third-order valence-electron chi connectivity index (χ3n) is 3.17. The lowest BCUT2D eigenvalue weighted by atomic mass is 10.1. The first-order valence-electron chi connectivity index (χ1n) is 6.56. The van der Waals surface area contributed by atoms with Crippen LogP contribution >= 0.6 is 0 Å². The Morgan fingerprint density at radius 3 is 1.92 bits per heavy atom. The van der Waals surface area contributed by atoms with Gasteiger partial charge in [-0.2, -0.15) is 13.2 Å². The minimum absolute atomic E-state index is 0.317. The van der Waals surface area contributed by atoms with Crippen molar-refractivity contribution in [1.82, 2.24) is 0 Å². The van der Waals surface area contributed by atoms with Crippen molar-refractivity contribution in [3.05, 3.63) is 72.3 Å². The molecule has 10 nitrogen and oxygen atoms in total. The van der Waals surface area contributed by atoms with Crippen molar-refractivity contribution in [3.8, 4) is 0 Å². The number of halogens is 3. The molecule has 0 fully saturated rings. The number of anilines is 2. The van der Waals surface area contributed by atoms with Crippen molar-refractivity contribution in [2.45, 2.75) is 6.18 Å². The number of nitrogens with one attached hydrogen (secondary N) is 1. The molecule has 0 aromatic heterocycles. The monoisotopic (exact) mass is 372 g/mol. The van der Waals surface area contributed by atoms with Gasteiger partial charge < -0.3 is 5.32 Å². The quantitative estimate of drug-likeness (QED) is 0.613. The lowest BCUT2D eigenvalue weighted by Gasteiger charge is -2.11. The largest absolute Gasteiger partial charge is 0.423 e. The van der Waals surface area contributed by atoms with E-state index in [1.165, 1.54) is 0 Å². The van der Waals surface area contributed by atoms with Crippen LogP contribution in [0, 0.1) is 30.3 Å². The number of nitro benzene ring substituents is 3. The highest BCUT2D eigenvalue weighted by molar-refractivity contribution is 5.72. The van der Waals surface area contributed by atoms with E-state index in [1.807, 2.05) is 0 Å². The zero-order valence-electron chi connectivity index (χ0n) is 12.4. The Kier molecular flexibility index (Phi) is 4.73. The summed E-state index contributed by atoms with van der Waals surface area (Å²) >= 11 is 0. The minimum atomic E-state index is -5.03. The summed E-state index contributed by atoms with van der Waals surface area (Å²) in [5.41, 5.74) is -4.69. The number of rotatable bonds is 5. The molecule has 0 unspecified atom stereocenters. The SMILES string of the molecule is O=[N+]([O-])c1ccc(Nc2ccc([N+](=O)[O-])c(C(F)(F)F)c2)c([N+](=O)[O-])c1. The second-order valence-electron chi connectivity index (χ2n) is 4.83. The molecule has 0 aliphatic carbocycles. The summed E-state index contributed by atoms with van der Waals surface area (Å²) in [7, 11) is 0. The minimum Gasteiger partial charge on any atom is -0.350 e. The highest BCUT2D eigenvalue weighted by Gasteiger charge is 2.38. The van der Waals surface area contributed by atoms with E-state index in [2.05, 4.69) is 5.32 Å². The van der Waals surface area contributed by atoms with Crippen LogP contribution in [0.5, 0.6) is 0 Å². The normalized spacial score (nSPS) is 11.0. The molecule has 1 N–H and O–H groups in total. The third kappa shape index (κ3) is 3.82. The number of hydrogen-bond acceptors (Lipinski definition) is 7. The molecule has 13 heteroatoms. The standard InChI is InChI=1S/C13H7F3N4O6/c14-13(15,16)9-5-7(1-4-11(9)19(23)24)17-10-3-2-8(18(21)22)6-12(10)20(25)26/h1-6,17H. The molecule has 2 aromatic carbocycles. The maximum atomic E-state index is 13.0. The van der Waals surface area contributed by atoms with E-state index in [4.69, 9.17) is 0 Å². The molecule has 0 saturated carbocycles. The van der Waals surface area contributed by atoms with Gasteiger partial charge in [-0.05, 0) is 18.2 Å². The van der Waals surface area contributed by atoms with Crippen LogP contribution < -0.4 is 5.32 Å². The zero-order chi connectivity index (χ0) is 19.6. The van der Waals surface area contributed by atoms with Crippen LogP contribution in [0.25, 0.3) is 0 Å². The molecule has 0 aliphatic heterocycles. The van der Waals surface area contributed by atoms with Crippen molar-refractivity contribution < 1.29 is 27.9 Å². The Hall–Kier alpha value is -3.77. The van der Waals surface area contributed by atoms with Crippen molar-refractivity contribution >= 4 is 28.4 Å². The van der Waals surface area contributed by atoms with Gasteiger partial charge in [0.15, 0.2) is 0 Å². The molecular formula is C13H7F3N4O6. The molecule has 0 atom stereocenters. The Balaban J connectivity index is 2.50. The number of benzene rings is 2. The zero-order valence-corrected chi connectivity index (χ0v) is 12.4. The van der Waals surface area contributed by atoms with Crippen molar-refractivity contribution in [3.63, 3.8) is 0 Å². The number of nitro groups is 3. The predicted molar refractivity (Wildman–Crippen MR) is 81.1 cm³/mol. The summed E-state index contributed by atoms with van der Waals surface area (Å²) in [6.45, 7) is 0. The highest BCUT2D eigenvalue weighted by atomic mass is 19.4. The van der Waals surface area contributed by atoms with Gasteiger partial charge in [0.05, 0.1) is 20.8 Å². The summed E-state index contributed by atoms with van der Waals surface area (Å²) in [5.74, 6) is 0. The summed E-state index contributed by atoms with van der Waals surface area (Å²) < 4.78 is 38.9. The lowest BCUT2D eigenvalue weighted by molar-refractivity contribution is -0.393. The van der Waals surface area contributed by atoms with Gasteiger partial charge in [-0.25, -0.2) is 0 Å². The number of hydrogen-bond donors (Lipinski definition) is 1. The fourth-order valence-electron chi connectivity index (χ4n) is 2.05. The van der Waals surface area contributed by atoms with Crippen LogP contribution in [-0.4, -0.2) is 14.8 Å². The molecule has 2 rings (SSSR count). The molecule has 0 spiro atoms. The van der Waals surface area contributed by atoms with Crippen LogP contribution in [-0.2, 0) is 6.18 Å². The fraction of sp³-hybridized carbons (Fsp3) is 0.0769. The number of non-ortho nitro benzene ring substituents is 1. The van der Waals surface area contributed by atoms with Gasteiger partial charge in [-0.3, -0.25) is 30.3 Å². The smallest absolute Gasteiger partial charge is 0.350 e. The Morgan fingerprint density at radius 1 is 0.808 bits per heavy atom. The van der Waals surface area contributed by atoms with Gasteiger partial charge in [-0.15, -0.1) is 0 Å². The molecule has 0 radical (unpaired) electrons. The highest BCUT2D eigenvalue weighted by Crippen LogP contribution is 2.39. The van der Waals surface area contributed by atoms with Gasteiger partial charge in [-0.1, -0.05) is 0 Å². The second kappa shape index (κ2) is 6.62. The first-order chi connectivity index (χ1) is 12.0. The predicted octanol–water partition coefficient (Wildman–Crippen LogP) is 4.17. The van der Waals surface area contributed by atoms with Gasteiger partial charge in [0, 0.05) is 17.8 Å². The van der Waals surface area contributed by atoms with Gasteiger partial charge in [0.1, 0.15) is 11.3 Å². The topological polar surface area (TPSA) is 141 Å². The lowest BCUT2D eigenvalue weighted by Crippen LogP contribution is -2.09. The van der Waals surface area contributed by atoms with E-state index in [0.717, 1.165) is 18.2 Å². The Bertz CT molecular complexity index is 915. The molecule has 26 heavy (non-hydrogen) atoms. The number of nitrogens with zero attached hydrogens (tertiary/aromatic N) is 3. The molecule has 0 heterocycles. The van der Waals surface area contributed by atoms with E-state index in [0.29, 0.717) is 18.2 Å². The van der Waals surface area contributed by atoms with Crippen LogP contribution in [0.15, 0.2) is 36.4 Å². The molecule has 136 valence electrons. The molecule has 0 saturated heterocycles. The average Bonchev–Trinajstić information content (AvgIpc) is 2.53. The van der Waals surface area contributed by atoms with Crippen molar-refractivity contribution in [2.24, 2.45) is 0 Å². The molecule has 0 amide bonds. The van der Waals surface area contributed by atoms with E-state index < -0.39 is 43.6 Å². The molecule has 0 bridgehead atoms. The second-order valence-corrected chi connectivity index (χ2v) is 4.83. The molecular weight excluding hydrogens is 365 g/mol. The maximum Gasteiger partial charge on any atom is 0.423 e. The van der Waals surface area contributed by atoms with E-state index >= 15 is 0 Å². The van der Waals surface area contributed by atoms with Crippen LogP contribution in [0.3, 0.4) is 0 Å². The average molecular weight is 372 g/mol. The van der Waals surface area contributed by atoms with Gasteiger partial charge in [0.25, 0.3) is 17.1 Å². The summed E-state index contributed by atoms with van der Waals surface area (Å²) in [6, 6.07) is 4.46. The van der Waals surface area contributed by atoms with E-state index in [1.54, 1.807) is 0 Å². The van der Waals surface area contributed by atoms with Crippen LogP contribution in [0.1, 0.15) is 5.56 Å². The maximum absolute atomic E-state index is 13.0. The van der Waals surface area contributed by atoms with Gasteiger partial charge >= 0.3 is 6.18 Å². The first-order valence-corrected chi connectivity index (χ1v) is 6.56. The van der Waals surface area contributed by atoms with Gasteiger partial charge in [0.2, 0.25) is 0 Å². The van der Waals surface area contributed by atoms with Crippen LogP contribution in [0.4, 0.5) is 41.6 Å². The van der Waals surface area contributed by atoms with Crippen molar-refractivity contribution in [1.29, 1.82) is 0 Å². The molecule has 0 aliphatic rings. The third-order valence-corrected chi connectivity index (χ3v) is 3.17. The van der Waals surface area contributed by atoms with Crippen LogP contribution in [0.2, 0.25) is 0 Å². The summed E-state index contributed by atoms with van der Waals surface area (Å²) in [6.07, 6.45) is -5.03. The Labute approximate surface area is 141 Å². The summed E-state index contributed by atoms with van der Waals surface area (Å²) in [5, 5.41) is 34.7. The fourth-order valence-corrected chi connectivity index (χ4v) is 2.05. The Morgan fingerprint density at radius 2 is 1.42 bits per heavy atom. The molecule has 2 aromatic rings. The van der Waals surface area contributed by atoms with Crippen molar-refractivity contribution in [2.75, 3.05) is 5.32 Å². The van der Waals surface area contributed by atoms with E-state index in [9.17, 15) is 43.5 Å². The summed E-state index contributed by atoms with van der Waals surface area (Å²) in [4.78, 5) is 29.4. The first kappa shape index (κ1) is 18.6.